The molecule has 2 aromatic carbocycles. The number of likely N-dealkylation sites (tertiary alicyclic amines) is 1. The van der Waals surface area contributed by atoms with Gasteiger partial charge in [-0.05, 0) is 48.9 Å². The first-order valence-corrected chi connectivity index (χ1v) is 14.0. The zero-order chi connectivity index (χ0) is 26.7. The number of ether oxygens (including phenoxy) is 3. The number of piperidine rings is 1. The predicted octanol–water partition coefficient (Wildman–Crippen LogP) is 4.18. The molecule has 3 aromatic rings. The molecule has 2 bridgehead atoms. The summed E-state index contributed by atoms with van der Waals surface area (Å²) in [4.78, 5) is 33.6. The normalized spacial score (nSPS) is 22.3. The number of aromatic nitrogens is 1. The minimum absolute atomic E-state index is 0.0554. The Morgan fingerprint density at radius 3 is 2.95 bits per heavy atom. The maximum atomic E-state index is 13.9. The number of anilines is 1. The van der Waals surface area contributed by atoms with Gasteiger partial charge >= 0.3 is 6.09 Å². The summed E-state index contributed by atoms with van der Waals surface area (Å²) in [5.41, 5.74) is 8.59. The van der Waals surface area contributed by atoms with Gasteiger partial charge in [0.25, 0.3) is 5.91 Å². The van der Waals surface area contributed by atoms with E-state index in [0.29, 0.717) is 41.6 Å². The van der Waals surface area contributed by atoms with Gasteiger partial charge in [-0.15, -0.1) is 0 Å². The number of nitrogens with zero attached hydrogens (tertiary/aromatic N) is 2. The minimum Gasteiger partial charge on any atom is -0.493 e. The maximum absolute atomic E-state index is 13.9. The van der Waals surface area contributed by atoms with Crippen molar-refractivity contribution in [1.29, 1.82) is 0 Å². The van der Waals surface area contributed by atoms with Crippen LogP contribution in [0, 0.1) is 11.7 Å². The number of carbonyl (C=O) groups is 2. The summed E-state index contributed by atoms with van der Waals surface area (Å²) in [5, 5.41) is 3.14. The summed E-state index contributed by atoms with van der Waals surface area (Å²) < 4.78 is 31.2. The number of fused-ring (bicyclic) bond motifs is 4. The van der Waals surface area contributed by atoms with Gasteiger partial charge in [-0.1, -0.05) is 23.5 Å². The third kappa shape index (κ3) is 4.15. The molecule has 0 radical (unpaired) electrons. The van der Waals surface area contributed by atoms with Crippen LogP contribution < -0.4 is 25.3 Å². The Balaban J connectivity index is 1.10. The fourth-order valence-electron chi connectivity index (χ4n) is 6.47. The number of nitrogens with one attached hydrogen (secondary N) is 1. The van der Waals surface area contributed by atoms with Gasteiger partial charge in [0, 0.05) is 36.6 Å². The van der Waals surface area contributed by atoms with Crippen molar-refractivity contribution in [1.82, 2.24) is 15.2 Å². The molecule has 1 aromatic heterocycles. The van der Waals surface area contributed by atoms with E-state index in [1.807, 2.05) is 11.0 Å². The van der Waals surface area contributed by atoms with Crippen molar-refractivity contribution in [3.63, 3.8) is 0 Å². The summed E-state index contributed by atoms with van der Waals surface area (Å²) >= 11 is 1.16. The number of amides is 2. The number of nitrogen functional groups attached to an aromatic ring is 1. The van der Waals surface area contributed by atoms with E-state index in [1.54, 1.807) is 12.1 Å². The quantitative estimate of drug-likeness (QED) is 0.490. The molecular weight excluding hydrogens is 523 g/mol. The highest BCUT2D eigenvalue weighted by Crippen LogP contribution is 2.47. The average Bonchev–Trinajstić information content (AvgIpc) is 3.75. The van der Waals surface area contributed by atoms with Crippen LogP contribution in [0.15, 0.2) is 30.3 Å². The molecule has 11 heteroatoms. The molecule has 2 fully saturated rings. The molecule has 2 amide bonds. The lowest BCUT2D eigenvalue weighted by molar-refractivity contribution is 0.0586. The summed E-state index contributed by atoms with van der Waals surface area (Å²) in [6, 6.07) is 7.88. The molecule has 4 aliphatic rings. The number of hydrogen-bond acceptors (Lipinski definition) is 8. The van der Waals surface area contributed by atoms with Crippen molar-refractivity contribution in [3.8, 4) is 27.7 Å². The molecule has 3 atom stereocenters. The highest BCUT2D eigenvalue weighted by Gasteiger charge is 2.49. The van der Waals surface area contributed by atoms with E-state index in [4.69, 9.17) is 19.9 Å². The van der Waals surface area contributed by atoms with Crippen LogP contribution in [-0.2, 0) is 12.8 Å². The summed E-state index contributed by atoms with van der Waals surface area (Å²) in [6.45, 7) is 1.32. The number of thiazole rings is 1. The van der Waals surface area contributed by atoms with E-state index < -0.39 is 11.9 Å². The van der Waals surface area contributed by atoms with E-state index in [0.717, 1.165) is 53.9 Å². The summed E-state index contributed by atoms with van der Waals surface area (Å²) in [5.74, 6) is 1.38. The van der Waals surface area contributed by atoms with Crippen molar-refractivity contribution in [2.45, 2.75) is 44.2 Å². The largest absolute Gasteiger partial charge is 0.493 e. The third-order valence-electron chi connectivity index (χ3n) is 8.16. The second-order valence-corrected chi connectivity index (χ2v) is 11.4. The molecule has 3 N–H and O–H groups in total. The molecule has 39 heavy (non-hydrogen) atoms. The number of hydrogen-bond donors (Lipinski definition) is 2. The molecule has 0 spiro atoms. The lowest BCUT2D eigenvalue weighted by atomic mass is 9.98. The van der Waals surface area contributed by atoms with Crippen LogP contribution in [0.5, 0.6) is 17.2 Å². The first-order chi connectivity index (χ1) is 19.0. The number of rotatable bonds is 5. The monoisotopic (exact) mass is 550 g/mol. The topological polar surface area (TPSA) is 116 Å². The molecular formula is C28H27FN4O5S. The molecule has 202 valence electrons. The van der Waals surface area contributed by atoms with E-state index >= 15 is 0 Å². The van der Waals surface area contributed by atoms with Crippen molar-refractivity contribution in [2.75, 3.05) is 25.5 Å². The van der Waals surface area contributed by atoms with Crippen LogP contribution in [0.1, 0.15) is 40.9 Å². The number of benzene rings is 2. The van der Waals surface area contributed by atoms with Gasteiger partial charge in [0.05, 0.1) is 24.1 Å². The Morgan fingerprint density at radius 1 is 1.21 bits per heavy atom. The average molecular weight is 551 g/mol. The number of nitrogens with two attached hydrogens (primary N) is 1. The van der Waals surface area contributed by atoms with Crippen molar-refractivity contribution >= 4 is 28.5 Å². The van der Waals surface area contributed by atoms with Gasteiger partial charge in [-0.25, -0.2) is 14.2 Å². The Kier molecular flexibility index (Phi) is 5.84. The fourth-order valence-corrected chi connectivity index (χ4v) is 7.29. The fraction of sp³-hybridized carbons (Fsp3) is 0.393. The van der Waals surface area contributed by atoms with E-state index in [9.17, 15) is 14.0 Å². The highest BCUT2D eigenvalue weighted by atomic mass is 32.1. The Bertz CT molecular complexity index is 1460. The standard InChI is InChI=1S/C28H27FN4O5S/c29-17-3-1-2-16(10-17)25-22(32-27(30)39-25)26(34)33-18-5-4-14(11-18)20(33)13-31-28(35)38-24-19-7-9-36-21(19)12-15-6-8-37-23(15)24/h1-3,10,12,14,18,20H,4-9,11,13H2,(H2,30,32)(H,31,35)/t14-,18+,20+/m0/s1. The van der Waals surface area contributed by atoms with Crippen molar-refractivity contribution < 1.29 is 28.2 Å². The first kappa shape index (κ1) is 24.2. The lowest BCUT2D eigenvalue weighted by Crippen LogP contribution is -2.50. The van der Waals surface area contributed by atoms with Crippen LogP contribution >= 0.6 is 11.3 Å². The van der Waals surface area contributed by atoms with Gasteiger partial charge in [-0.2, -0.15) is 0 Å². The molecule has 1 saturated carbocycles. The molecule has 0 unspecified atom stereocenters. The van der Waals surface area contributed by atoms with Crippen LogP contribution in [0.4, 0.5) is 14.3 Å². The Hall–Kier alpha value is -3.86. The molecule has 1 aliphatic carbocycles. The Morgan fingerprint density at radius 2 is 2.08 bits per heavy atom. The minimum atomic E-state index is -0.596. The predicted molar refractivity (Wildman–Crippen MR) is 142 cm³/mol. The zero-order valence-electron chi connectivity index (χ0n) is 21.1. The molecule has 1 saturated heterocycles. The summed E-state index contributed by atoms with van der Waals surface area (Å²) in [7, 11) is 0. The number of halogens is 1. The molecule has 4 heterocycles. The van der Waals surface area contributed by atoms with Gasteiger partial charge in [0.2, 0.25) is 0 Å². The maximum Gasteiger partial charge on any atom is 0.412 e. The third-order valence-corrected chi connectivity index (χ3v) is 9.09. The molecule has 3 aliphatic heterocycles. The SMILES string of the molecule is Nc1nc(C(=O)N2[C@@H]3CC[C@@H](C3)[C@H]2CNC(=O)Oc2c3c(cc4c2OCC4)OCC3)c(-c2cccc(F)c2)s1. The van der Waals surface area contributed by atoms with E-state index in [2.05, 4.69) is 10.3 Å². The lowest BCUT2D eigenvalue weighted by Gasteiger charge is -2.35. The second kappa shape index (κ2) is 9.41. The smallest absolute Gasteiger partial charge is 0.412 e. The van der Waals surface area contributed by atoms with Gasteiger partial charge in [0.1, 0.15) is 17.3 Å². The number of carbonyl (C=O) groups excluding carboxylic acids is 2. The van der Waals surface area contributed by atoms with Crippen molar-refractivity contribution in [3.05, 3.63) is 53.0 Å². The van der Waals surface area contributed by atoms with Crippen LogP contribution in [0.2, 0.25) is 0 Å². The van der Waals surface area contributed by atoms with Crippen LogP contribution in [0.25, 0.3) is 10.4 Å². The Labute approximate surface area is 228 Å². The van der Waals surface area contributed by atoms with Crippen LogP contribution in [-0.4, -0.2) is 53.7 Å². The van der Waals surface area contributed by atoms with Crippen molar-refractivity contribution in [2.24, 2.45) is 5.92 Å². The van der Waals surface area contributed by atoms with Gasteiger partial charge in [-0.3, -0.25) is 4.79 Å². The molecule has 7 rings (SSSR count). The van der Waals surface area contributed by atoms with E-state index in [1.165, 1.54) is 12.1 Å². The summed E-state index contributed by atoms with van der Waals surface area (Å²) in [6.07, 6.45) is 3.54. The second-order valence-electron chi connectivity index (χ2n) is 10.4. The van der Waals surface area contributed by atoms with Gasteiger partial charge < -0.3 is 30.2 Å². The first-order valence-electron chi connectivity index (χ1n) is 13.2. The van der Waals surface area contributed by atoms with E-state index in [-0.39, 0.29) is 41.3 Å². The van der Waals surface area contributed by atoms with Crippen LogP contribution in [0.3, 0.4) is 0 Å². The molecule has 9 nitrogen and oxygen atoms in total. The zero-order valence-corrected chi connectivity index (χ0v) is 21.9. The highest BCUT2D eigenvalue weighted by molar-refractivity contribution is 7.19. The van der Waals surface area contributed by atoms with Gasteiger partial charge in [0.15, 0.2) is 16.6 Å².